The minimum absolute atomic E-state index is 0.108. The second-order valence-corrected chi connectivity index (χ2v) is 22.2. The van der Waals surface area contributed by atoms with E-state index in [9.17, 15) is 0 Å². The van der Waals surface area contributed by atoms with Crippen molar-refractivity contribution in [2.75, 3.05) is 56.4 Å². The molecule has 0 amide bonds. The molecule has 9 rings (SSSR count). The van der Waals surface area contributed by atoms with Gasteiger partial charge in [-0.25, -0.2) is 18.7 Å². The fourth-order valence-electron chi connectivity index (χ4n) is 7.79. The molecule has 296 valence electrons. The SMILES string of the molecule is CC1c2cc3c4cc2OP(N(C)C)Oc2cc5c(cc21)C(C)c1cc2c(cc1OP(N(C)C)O5)OP(N(C)C)Oc1cc(c(cc1C2C)C3C)OP(N(C)C)O4. The molecule has 12 nitrogen and oxygen atoms in total. The monoisotopic (exact) mass is 836 g/mol. The summed E-state index contributed by atoms with van der Waals surface area (Å²) in [4.78, 5) is 0. The summed E-state index contributed by atoms with van der Waals surface area (Å²) >= 11 is 0. The van der Waals surface area contributed by atoms with E-state index in [2.05, 4.69) is 52.0 Å². The normalized spacial score (nSPS) is 26.6. The second-order valence-electron chi connectivity index (χ2n) is 15.7. The average molecular weight is 837 g/mol. The minimum atomic E-state index is -1.56. The summed E-state index contributed by atoms with van der Waals surface area (Å²) in [6, 6.07) is 17.3. The molecule has 0 aromatic heterocycles. The third-order valence-electron chi connectivity index (χ3n) is 11.0. The van der Waals surface area contributed by atoms with Gasteiger partial charge in [0.05, 0.1) is 0 Å². The van der Waals surface area contributed by atoms with Gasteiger partial charge in [0.1, 0.15) is 46.0 Å². The van der Waals surface area contributed by atoms with Crippen LogP contribution in [-0.4, -0.2) is 75.1 Å². The zero-order valence-corrected chi connectivity index (χ0v) is 37.3. The van der Waals surface area contributed by atoms with E-state index in [1.165, 1.54) is 0 Å². The number of benzene rings is 4. The third kappa shape index (κ3) is 6.37. The largest absolute Gasteiger partial charge is 0.427 e. The first-order valence-electron chi connectivity index (χ1n) is 18.7. The van der Waals surface area contributed by atoms with E-state index in [0.29, 0.717) is 0 Å². The molecule has 4 aromatic rings. The van der Waals surface area contributed by atoms with Crippen molar-refractivity contribution in [1.29, 1.82) is 0 Å². The predicted octanol–water partition coefficient (Wildman–Crippen LogP) is 10.8. The molecule has 0 saturated carbocycles. The van der Waals surface area contributed by atoms with Crippen molar-refractivity contribution in [3.63, 3.8) is 0 Å². The van der Waals surface area contributed by atoms with Crippen LogP contribution in [0.25, 0.3) is 0 Å². The summed E-state index contributed by atoms with van der Waals surface area (Å²) in [5.74, 6) is 5.38. The Morgan fingerprint density at radius 2 is 0.429 bits per heavy atom. The summed E-state index contributed by atoms with van der Waals surface area (Å²) < 4.78 is 62.7. The molecule has 4 heterocycles. The highest BCUT2D eigenvalue weighted by Crippen LogP contribution is 2.61. The first-order valence-corrected chi connectivity index (χ1v) is 23.2. The van der Waals surface area contributed by atoms with E-state index in [4.69, 9.17) is 36.2 Å². The van der Waals surface area contributed by atoms with E-state index in [1.807, 2.05) is 99.3 Å². The van der Waals surface area contributed by atoms with Crippen LogP contribution in [0.4, 0.5) is 0 Å². The fraction of sp³-hybridized carbons (Fsp3) is 0.400. The molecule has 0 saturated heterocycles. The zero-order valence-electron chi connectivity index (χ0n) is 33.8. The Morgan fingerprint density at radius 1 is 0.286 bits per heavy atom. The molecular weight excluding hydrogens is 788 g/mol. The van der Waals surface area contributed by atoms with Crippen molar-refractivity contribution in [1.82, 2.24) is 18.7 Å². The van der Waals surface area contributed by atoms with Gasteiger partial charge < -0.3 is 36.2 Å². The molecule has 8 bridgehead atoms. The molecule has 0 N–H and O–H groups in total. The van der Waals surface area contributed by atoms with Crippen molar-refractivity contribution in [3.8, 4) is 46.0 Å². The lowest BCUT2D eigenvalue weighted by molar-refractivity contribution is 0.388. The Labute approximate surface area is 334 Å². The van der Waals surface area contributed by atoms with E-state index in [0.717, 1.165) is 90.5 Å². The van der Waals surface area contributed by atoms with Gasteiger partial charge in [0.15, 0.2) is 0 Å². The summed E-state index contributed by atoms with van der Waals surface area (Å²) in [6.45, 7) is 8.91. The van der Waals surface area contributed by atoms with Crippen molar-refractivity contribution in [2.24, 2.45) is 0 Å². The molecule has 5 aliphatic rings. The van der Waals surface area contributed by atoms with Crippen molar-refractivity contribution >= 4 is 34.1 Å². The molecule has 4 aromatic carbocycles. The van der Waals surface area contributed by atoms with Crippen LogP contribution in [0.3, 0.4) is 0 Å². The van der Waals surface area contributed by atoms with Crippen LogP contribution in [0, 0.1) is 0 Å². The number of rotatable bonds is 4. The Hall–Kier alpha value is -3.16. The summed E-state index contributed by atoms with van der Waals surface area (Å²) in [5.41, 5.74) is 8.48. The van der Waals surface area contributed by atoms with Crippen LogP contribution < -0.4 is 36.2 Å². The molecule has 0 spiro atoms. The van der Waals surface area contributed by atoms with Crippen LogP contribution in [0.15, 0.2) is 48.5 Å². The standard InChI is InChI=1S/C40H48N4O8P4/c1-21-25-13-27-22(2)29-15-31-24(4)32-16-30-23(3)28-14-26(21)34-18-36(28)48-55(43(9)10)50-38(30)20-40(32)52-56(44(11)12)51-39(31)19-37(29)49-54(42(7)8)47-35(27)17-33(25)45-53(46-34)41(5)6/h13-24H,1-12H3. The van der Waals surface area contributed by atoms with Gasteiger partial charge in [-0.3, -0.25) is 0 Å². The van der Waals surface area contributed by atoms with Gasteiger partial charge in [-0.1, -0.05) is 27.7 Å². The topological polar surface area (TPSA) is 86.8 Å². The van der Waals surface area contributed by atoms with Crippen LogP contribution in [-0.2, 0) is 0 Å². The van der Waals surface area contributed by atoms with Crippen LogP contribution in [0.2, 0.25) is 0 Å². The van der Waals surface area contributed by atoms with Gasteiger partial charge >= 0.3 is 34.1 Å². The lowest BCUT2D eigenvalue weighted by Crippen LogP contribution is -2.21. The molecule has 56 heavy (non-hydrogen) atoms. The minimum Gasteiger partial charge on any atom is -0.427 e. The molecule has 0 fully saturated rings. The van der Waals surface area contributed by atoms with Crippen molar-refractivity contribution in [2.45, 2.75) is 51.4 Å². The molecule has 0 atom stereocenters. The summed E-state index contributed by atoms with van der Waals surface area (Å²) in [6.07, 6.45) is 0. The van der Waals surface area contributed by atoms with Crippen molar-refractivity contribution in [3.05, 3.63) is 93.0 Å². The van der Waals surface area contributed by atoms with Crippen LogP contribution in [0.5, 0.6) is 46.0 Å². The van der Waals surface area contributed by atoms with Crippen LogP contribution in [0.1, 0.15) is 95.9 Å². The van der Waals surface area contributed by atoms with Gasteiger partial charge in [-0.15, -0.1) is 0 Å². The maximum atomic E-state index is 6.84. The van der Waals surface area contributed by atoms with Crippen molar-refractivity contribution < 1.29 is 36.2 Å². The Morgan fingerprint density at radius 3 is 0.554 bits per heavy atom. The van der Waals surface area contributed by atoms with E-state index >= 15 is 0 Å². The highest BCUT2D eigenvalue weighted by atomic mass is 31.2. The number of hydrogen-bond acceptors (Lipinski definition) is 12. The maximum Gasteiger partial charge on any atom is 0.384 e. The van der Waals surface area contributed by atoms with E-state index in [1.54, 1.807) is 0 Å². The first-order chi connectivity index (χ1) is 26.7. The molecule has 16 heteroatoms. The lowest BCUT2D eigenvalue weighted by atomic mass is 9.81. The summed E-state index contributed by atoms with van der Waals surface area (Å²) in [5, 5.41) is 0. The van der Waals surface area contributed by atoms with Gasteiger partial charge in [-0.05, 0) is 80.6 Å². The van der Waals surface area contributed by atoms with Gasteiger partial charge in [0.2, 0.25) is 0 Å². The lowest BCUT2D eigenvalue weighted by Gasteiger charge is -2.36. The van der Waals surface area contributed by atoms with Gasteiger partial charge in [-0.2, -0.15) is 0 Å². The van der Waals surface area contributed by atoms with Crippen LogP contribution >= 0.6 is 34.1 Å². The predicted molar refractivity (Wildman–Crippen MR) is 223 cm³/mol. The van der Waals surface area contributed by atoms with Gasteiger partial charge in [0, 0.05) is 92.4 Å². The molecule has 4 aliphatic heterocycles. The third-order valence-corrected chi connectivity index (χ3v) is 16.5. The Kier molecular flexibility index (Phi) is 9.79. The molecular formula is C40H48N4O8P4. The van der Waals surface area contributed by atoms with E-state index < -0.39 is 34.1 Å². The van der Waals surface area contributed by atoms with Gasteiger partial charge in [0.25, 0.3) is 0 Å². The highest BCUT2D eigenvalue weighted by molar-refractivity contribution is 7.46. The Balaban J connectivity index is 1.41. The van der Waals surface area contributed by atoms with E-state index in [-0.39, 0.29) is 23.7 Å². The highest BCUT2D eigenvalue weighted by Gasteiger charge is 2.40. The number of nitrogens with zero attached hydrogens (tertiary/aromatic N) is 4. The molecule has 1 aliphatic carbocycles. The number of hydrogen-bond donors (Lipinski definition) is 0. The second kappa shape index (κ2) is 14.3. The molecule has 0 unspecified atom stereocenters. The zero-order chi connectivity index (χ0) is 39.5. The average Bonchev–Trinajstić information content (AvgIpc) is 3.13. The first kappa shape index (κ1) is 38.4. The smallest absolute Gasteiger partial charge is 0.384 e. The fourth-order valence-corrected chi connectivity index (χ4v) is 11.9. The summed E-state index contributed by atoms with van der Waals surface area (Å²) in [7, 11) is 9.54. The molecule has 0 radical (unpaired) electrons. The maximum absolute atomic E-state index is 6.84. The Bertz CT molecular complexity index is 1810. The quantitative estimate of drug-likeness (QED) is 0.183.